The highest BCUT2D eigenvalue weighted by Gasteiger charge is 2.60. The van der Waals surface area contributed by atoms with Crippen LogP contribution in [-0.2, 0) is 23.9 Å². The van der Waals surface area contributed by atoms with Crippen LogP contribution in [0.25, 0.3) is 0 Å². The predicted octanol–water partition coefficient (Wildman–Crippen LogP) is 0.671. The van der Waals surface area contributed by atoms with E-state index in [1.54, 1.807) is 21.0 Å². The molecule has 6 atom stereocenters. The first-order chi connectivity index (χ1) is 19.4. The van der Waals surface area contributed by atoms with Gasteiger partial charge >= 0.3 is 18.1 Å². The fourth-order valence-electron chi connectivity index (χ4n) is 5.23. The van der Waals surface area contributed by atoms with Crippen LogP contribution in [0.15, 0.2) is 35.9 Å². The van der Waals surface area contributed by atoms with E-state index in [9.17, 15) is 29.1 Å². The normalized spacial score (nSPS) is 25.6. The van der Waals surface area contributed by atoms with Crippen molar-refractivity contribution in [3.8, 4) is 0 Å². The third-order valence-corrected chi connectivity index (χ3v) is 8.65. The van der Waals surface area contributed by atoms with E-state index in [4.69, 9.17) is 9.47 Å². The molecule has 3 aliphatic rings. The third kappa shape index (κ3) is 6.87. The van der Waals surface area contributed by atoms with Crippen molar-refractivity contribution in [3.63, 3.8) is 0 Å². The van der Waals surface area contributed by atoms with E-state index in [2.05, 4.69) is 23.8 Å². The van der Waals surface area contributed by atoms with E-state index in [0.29, 0.717) is 4.91 Å². The van der Waals surface area contributed by atoms with Gasteiger partial charge < -0.3 is 35.0 Å². The van der Waals surface area contributed by atoms with Gasteiger partial charge in [0.2, 0.25) is 11.8 Å². The van der Waals surface area contributed by atoms with E-state index in [-0.39, 0.29) is 68.1 Å². The molecule has 226 valence electrons. The second-order valence-corrected chi connectivity index (χ2v) is 11.6. The highest BCUT2D eigenvalue weighted by Crippen LogP contribution is 2.52. The monoisotopic (exact) mass is 593 g/mol. The number of fused-ring (bicyclic) bond motifs is 1. The molecule has 0 aromatic rings. The molecule has 0 aromatic carbocycles. The Hall–Kier alpha value is -3.52. The number of amides is 5. The number of rotatable bonds is 12. The van der Waals surface area contributed by atoms with Crippen LogP contribution in [0.1, 0.15) is 20.3 Å². The van der Waals surface area contributed by atoms with Gasteiger partial charge in [0.25, 0.3) is 0 Å². The Morgan fingerprint density at radius 3 is 2.39 bits per heavy atom. The van der Waals surface area contributed by atoms with E-state index in [0.717, 1.165) is 0 Å². The molecule has 0 spiro atoms. The van der Waals surface area contributed by atoms with Crippen LogP contribution < -0.4 is 10.6 Å². The number of likely N-dealkylation sites (tertiary alicyclic amines) is 1. The van der Waals surface area contributed by atoms with Crippen molar-refractivity contribution < 1.29 is 38.6 Å². The number of carbonyl (C=O) groups is 5. The van der Waals surface area contributed by atoms with Crippen molar-refractivity contribution in [1.82, 2.24) is 25.3 Å². The molecule has 2 saturated heterocycles. The summed E-state index contributed by atoms with van der Waals surface area (Å²) in [6.07, 6.45) is 1.54. The Morgan fingerprint density at radius 1 is 1.15 bits per heavy atom. The Labute approximate surface area is 243 Å². The molecule has 3 N–H and O–H groups in total. The smallest absolute Gasteiger partial charge is 0.410 e. The maximum absolute atomic E-state index is 13.1. The van der Waals surface area contributed by atoms with Crippen LogP contribution in [0, 0.1) is 11.8 Å². The van der Waals surface area contributed by atoms with Crippen molar-refractivity contribution in [1.29, 1.82) is 0 Å². The van der Waals surface area contributed by atoms with Gasteiger partial charge in [-0.3, -0.25) is 14.5 Å². The molecule has 0 bridgehead atoms. The van der Waals surface area contributed by atoms with Crippen LogP contribution in [0.4, 0.5) is 9.59 Å². The molecule has 3 aliphatic heterocycles. The summed E-state index contributed by atoms with van der Waals surface area (Å²) >= 11 is 1.32. The molecule has 0 saturated carbocycles. The zero-order valence-corrected chi connectivity index (χ0v) is 24.6. The van der Waals surface area contributed by atoms with Crippen LogP contribution in [0.2, 0.25) is 0 Å². The number of hydrogen-bond acceptors (Lipinski definition) is 9. The van der Waals surface area contributed by atoms with Gasteiger partial charge in [0.1, 0.15) is 25.0 Å². The zero-order chi connectivity index (χ0) is 30.4. The lowest BCUT2D eigenvalue weighted by Gasteiger charge is -2.46. The molecule has 14 heteroatoms. The minimum atomic E-state index is -0.891. The molecular weight excluding hydrogens is 554 g/mol. The van der Waals surface area contributed by atoms with Crippen LogP contribution >= 0.6 is 11.8 Å². The first kappa shape index (κ1) is 32.0. The van der Waals surface area contributed by atoms with Crippen molar-refractivity contribution >= 4 is 41.7 Å². The van der Waals surface area contributed by atoms with Gasteiger partial charge in [-0.1, -0.05) is 32.2 Å². The van der Waals surface area contributed by atoms with Gasteiger partial charge in [0.15, 0.2) is 0 Å². The maximum atomic E-state index is 13.1. The number of urea groups is 1. The molecule has 3 rings (SSSR count). The Balaban J connectivity index is 1.79. The molecule has 5 amide bonds. The van der Waals surface area contributed by atoms with Gasteiger partial charge in [-0.15, -0.1) is 11.8 Å². The minimum absolute atomic E-state index is 0.0288. The van der Waals surface area contributed by atoms with Crippen molar-refractivity contribution in [2.45, 2.75) is 43.7 Å². The van der Waals surface area contributed by atoms with E-state index >= 15 is 0 Å². The van der Waals surface area contributed by atoms with Crippen molar-refractivity contribution in [3.05, 3.63) is 35.9 Å². The first-order valence-corrected chi connectivity index (χ1v) is 14.3. The third-order valence-electron chi connectivity index (χ3n) is 7.16. The zero-order valence-electron chi connectivity index (χ0n) is 23.8. The fourth-order valence-corrected chi connectivity index (χ4v) is 6.75. The summed E-state index contributed by atoms with van der Waals surface area (Å²) in [7, 11) is 3.20. The molecule has 3 heterocycles. The lowest BCUT2D eigenvalue weighted by Crippen LogP contribution is -2.63. The van der Waals surface area contributed by atoms with Gasteiger partial charge in [-0.25, -0.2) is 14.4 Å². The number of aliphatic hydroxyl groups excluding tert-OH is 1. The molecule has 41 heavy (non-hydrogen) atoms. The number of ether oxygens (including phenoxy) is 2. The van der Waals surface area contributed by atoms with Crippen LogP contribution in [0.3, 0.4) is 0 Å². The average Bonchev–Trinajstić information content (AvgIpc) is 3.45. The molecule has 2 fully saturated rings. The molecule has 0 radical (unpaired) electrons. The summed E-state index contributed by atoms with van der Waals surface area (Å²) in [5, 5.41) is 15.3. The second kappa shape index (κ2) is 13.9. The van der Waals surface area contributed by atoms with E-state index in [1.807, 2.05) is 6.92 Å². The van der Waals surface area contributed by atoms with Crippen LogP contribution in [-0.4, -0.2) is 120 Å². The average molecular weight is 594 g/mol. The van der Waals surface area contributed by atoms with Crippen molar-refractivity contribution in [2.24, 2.45) is 11.8 Å². The molecule has 2 unspecified atom stereocenters. The molecule has 0 aliphatic carbocycles. The first-order valence-electron chi connectivity index (χ1n) is 13.4. The topological polar surface area (TPSA) is 158 Å². The highest BCUT2D eigenvalue weighted by atomic mass is 32.2. The lowest BCUT2D eigenvalue weighted by molar-refractivity contribution is -0.164. The maximum Gasteiger partial charge on any atom is 0.410 e. The second-order valence-electron chi connectivity index (χ2n) is 10.3. The largest absolute Gasteiger partial charge is 0.457 e. The SMILES string of the molecule is C=CCOC(=O)C1=C(S[C@H]2C[C@@H](C(=O)NCCNC(=O)N(C)C)N(C(=O)OCC=C)C2)[C@H](C)C2C([C@@H](C)O)C(=O)N12. The summed E-state index contributed by atoms with van der Waals surface area (Å²) in [6, 6.07) is -1.55. The number of nitrogens with one attached hydrogen (secondary N) is 2. The Bertz CT molecular complexity index is 1110. The van der Waals surface area contributed by atoms with Gasteiger partial charge in [0, 0.05) is 49.8 Å². The highest BCUT2D eigenvalue weighted by molar-refractivity contribution is 8.03. The van der Waals surface area contributed by atoms with Gasteiger partial charge in [-0.2, -0.15) is 0 Å². The molecular formula is C27H39N5O8S. The van der Waals surface area contributed by atoms with Crippen molar-refractivity contribution in [2.75, 3.05) is 46.9 Å². The van der Waals surface area contributed by atoms with Gasteiger partial charge in [0.05, 0.1) is 18.1 Å². The summed E-state index contributed by atoms with van der Waals surface area (Å²) in [5.74, 6) is -2.36. The Kier molecular flexibility index (Phi) is 10.8. The number of nitrogens with zero attached hydrogens (tertiary/aromatic N) is 3. The van der Waals surface area contributed by atoms with Crippen LogP contribution in [0.5, 0.6) is 0 Å². The number of carbonyl (C=O) groups excluding carboxylic acids is 5. The van der Waals surface area contributed by atoms with E-state index < -0.39 is 42.1 Å². The predicted molar refractivity (Wildman–Crippen MR) is 151 cm³/mol. The summed E-state index contributed by atoms with van der Waals surface area (Å²) in [4.78, 5) is 68.4. The number of β-lactam (4-membered cyclic amide) rings is 1. The Morgan fingerprint density at radius 2 is 1.78 bits per heavy atom. The number of thioether (sulfide) groups is 1. The molecule has 0 aromatic heterocycles. The molecule has 13 nitrogen and oxygen atoms in total. The summed E-state index contributed by atoms with van der Waals surface area (Å²) < 4.78 is 10.5. The standard InChI is InChI=1S/C27H39N5O8S/c1-7-11-39-25(36)21-22(15(3)20-19(16(4)33)24(35)32(20)21)41-17-13-18(31(14-17)27(38)40-12-8-2)23(34)28-9-10-29-26(37)30(5)6/h7-8,15-20,33H,1-2,9-14H2,3-6H3,(H,28,34)(H,29,37)/t15-,16-,17+,18+,19?,20?/m1/s1. The minimum Gasteiger partial charge on any atom is -0.457 e. The van der Waals surface area contributed by atoms with E-state index in [1.165, 1.54) is 38.6 Å². The number of aliphatic hydroxyl groups is 1. The quantitative estimate of drug-likeness (QED) is 0.128. The summed E-state index contributed by atoms with van der Waals surface area (Å²) in [5.41, 5.74) is 0.126. The van der Waals surface area contributed by atoms with Gasteiger partial charge in [-0.05, 0) is 13.3 Å². The number of hydrogen-bond donors (Lipinski definition) is 3. The lowest BCUT2D eigenvalue weighted by atomic mass is 9.79. The number of esters is 1. The summed E-state index contributed by atoms with van der Waals surface area (Å²) in [6.45, 7) is 11.0. The fraction of sp³-hybridized carbons (Fsp3) is 0.593.